The molecule has 2 heterocycles. The average molecular weight is 602 g/mol. The molecule has 2 N–H and O–H groups in total. The molecule has 42 heavy (non-hydrogen) atoms. The van der Waals surface area contributed by atoms with Gasteiger partial charge in [0.15, 0.2) is 0 Å². The number of carbonyl (C=O) groups is 3. The smallest absolute Gasteiger partial charge is 0.360 e. The second-order valence-electron chi connectivity index (χ2n) is 9.68. The van der Waals surface area contributed by atoms with E-state index < -0.39 is 36.0 Å². The fourth-order valence-corrected chi connectivity index (χ4v) is 5.17. The molecule has 1 aromatic heterocycles. The van der Waals surface area contributed by atoms with Gasteiger partial charge in [-0.3, -0.25) is 14.9 Å². The van der Waals surface area contributed by atoms with Crippen molar-refractivity contribution in [1.29, 1.82) is 0 Å². The molecule has 1 fully saturated rings. The number of nitrogens with zero attached hydrogens (tertiary/aromatic N) is 3. The van der Waals surface area contributed by atoms with Gasteiger partial charge in [-0.2, -0.15) is 13.2 Å². The maximum absolute atomic E-state index is 13.2. The lowest BCUT2D eigenvalue weighted by Crippen LogP contribution is -2.53. The van der Waals surface area contributed by atoms with Gasteiger partial charge < -0.3 is 10.2 Å². The summed E-state index contributed by atoms with van der Waals surface area (Å²) in [7, 11) is 0. The number of benzene rings is 2. The van der Waals surface area contributed by atoms with Crippen LogP contribution in [0.25, 0.3) is 0 Å². The molecule has 0 aliphatic carbocycles. The summed E-state index contributed by atoms with van der Waals surface area (Å²) in [6.45, 7) is 0.000936. The summed E-state index contributed by atoms with van der Waals surface area (Å²) in [5, 5.41) is 15.5. The molecule has 0 saturated carbocycles. The zero-order chi connectivity index (χ0) is 30.0. The van der Waals surface area contributed by atoms with Crippen LogP contribution >= 0.6 is 11.3 Å². The van der Waals surface area contributed by atoms with Crippen LogP contribution in [0, 0.1) is 0 Å². The predicted octanol–water partition coefficient (Wildman–Crippen LogP) is 4.62. The van der Waals surface area contributed by atoms with Crippen molar-refractivity contribution in [2.75, 3.05) is 11.9 Å². The van der Waals surface area contributed by atoms with E-state index in [9.17, 15) is 27.6 Å². The van der Waals surface area contributed by atoms with E-state index in [-0.39, 0.29) is 13.0 Å². The van der Waals surface area contributed by atoms with Gasteiger partial charge in [-0.15, -0.1) is 15.3 Å². The maximum atomic E-state index is 13.2. The zero-order valence-electron chi connectivity index (χ0n) is 22.5. The number of hydroxylamine groups is 2. The van der Waals surface area contributed by atoms with Gasteiger partial charge >= 0.3 is 12.1 Å². The Morgan fingerprint density at radius 1 is 1.02 bits per heavy atom. The molecule has 2 atom stereocenters. The maximum Gasteiger partial charge on any atom is 0.492 e. The number of hydrogen-bond acceptors (Lipinski definition) is 8. The monoisotopic (exact) mass is 601 g/mol. The number of nitrogens with one attached hydrogen (secondary N) is 2. The quantitative estimate of drug-likeness (QED) is 0.309. The summed E-state index contributed by atoms with van der Waals surface area (Å²) in [5.74, 6) is -3.44. The highest BCUT2D eigenvalue weighted by molar-refractivity contribution is 7.15. The summed E-state index contributed by atoms with van der Waals surface area (Å²) < 4.78 is 38.3. The highest BCUT2D eigenvalue weighted by Crippen LogP contribution is 2.23. The topological polar surface area (TPSA) is 114 Å². The Morgan fingerprint density at radius 2 is 1.71 bits per heavy atom. The minimum atomic E-state index is -5.18. The van der Waals surface area contributed by atoms with E-state index in [2.05, 4.69) is 25.7 Å². The molecule has 13 heteroatoms. The van der Waals surface area contributed by atoms with Crippen molar-refractivity contribution in [2.24, 2.45) is 0 Å². The van der Waals surface area contributed by atoms with Crippen LogP contribution in [0.1, 0.15) is 41.8 Å². The Balaban J connectivity index is 1.40. The van der Waals surface area contributed by atoms with Gasteiger partial charge in [-0.25, -0.2) is 4.79 Å². The fourth-order valence-electron chi connectivity index (χ4n) is 4.39. The fraction of sp³-hybridized carbons (Fsp3) is 0.345. The van der Waals surface area contributed by atoms with E-state index in [1.165, 1.54) is 23.5 Å². The molecular weight excluding hydrogens is 571 g/mol. The first-order chi connectivity index (χ1) is 20.2. The molecule has 0 bridgehead atoms. The van der Waals surface area contributed by atoms with Gasteiger partial charge in [-0.1, -0.05) is 78.1 Å². The van der Waals surface area contributed by atoms with E-state index in [0.717, 1.165) is 21.2 Å². The van der Waals surface area contributed by atoms with Gasteiger partial charge in [0, 0.05) is 25.1 Å². The standard InChI is InChI=1S/C29H30F3N5O4S/c30-29(31,32)27(40)41-37-18-8-7-13-23(37)26(39)33-22(15-14-20-9-3-1-4-10-20)16-17-24(38)34-28-36-35-25(42-28)19-21-11-5-2-6-12-21/h1-6,9-12,16-17,22-23H,7-8,13-15,18-19H2,(H,33,39)(H,34,36,38)/b17-16+/t22-,23-/m0/s1. The number of aromatic nitrogens is 2. The minimum absolute atomic E-state index is 0.000936. The highest BCUT2D eigenvalue weighted by Gasteiger charge is 2.44. The average Bonchev–Trinajstić information content (AvgIpc) is 3.41. The zero-order valence-corrected chi connectivity index (χ0v) is 23.4. The van der Waals surface area contributed by atoms with Crippen molar-refractivity contribution in [3.05, 3.63) is 89.0 Å². The highest BCUT2D eigenvalue weighted by atomic mass is 32.1. The Kier molecular flexibility index (Phi) is 10.8. The number of rotatable bonds is 11. The van der Waals surface area contributed by atoms with Crippen molar-refractivity contribution in [2.45, 2.75) is 56.8 Å². The van der Waals surface area contributed by atoms with Gasteiger partial charge in [0.1, 0.15) is 11.0 Å². The lowest BCUT2D eigenvalue weighted by molar-refractivity contribution is -0.248. The second-order valence-corrected chi connectivity index (χ2v) is 10.7. The first-order valence-corrected chi connectivity index (χ1v) is 14.2. The van der Waals surface area contributed by atoms with Crippen LogP contribution in [0.4, 0.5) is 18.3 Å². The second kappa shape index (κ2) is 14.7. The van der Waals surface area contributed by atoms with Crippen LogP contribution in [0.5, 0.6) is 0 Å². The number of piperidine rings is 1. The van der Waals surface area contributed by atoms with Crippen LogP contribution in [0.15, 0.2) is 72.8 Å². The largest absolute Gasteiger partial charge is 0.492 e. The van der Waals surface area contributed by atoms with E-state index in [0.29, 0.717) is 37.2 Å². The van der Waals surface area contributed by atoms with Crippen LogP contribution in [-0.4, -0.2) is 57.8 Å². The first kappa shape index (κ1) is 30.8. The molecule has 2 aromatic carbocycles. The molecular formula is C29H30F3N5O4S. The first-order valence-electron chi connectivity index (χ1n) is 13.4. The third kappa shape index (κ3) is 9.48. The molecule has 2 amide bonds. The molecule has 0 radical (unpaired) electrons. The van der Waals surface area contributed by atoms with Crippen molar-refractivity contribution in [3.63, 3.8) is 0 Å². The molecule has 4 rings (SSSR count). The SMILES string of the molecule is O=C(/C=C/[C@H](CCc1ccccc1)NC(=O)[C@@H]1CCCCN1OC(=O)C(F)(F)F)Nc1nnc(Cc2ccccc2)s1. The molecule has 1 aliphatic heterocycles. The summed E-state index contributed by atoms with van der Waals surface area (Å²) in [6.07, 6.45) is 0.451. The molecule has 3 aromatic rings. The van der Waals surface area contributed by atoms with Crippen LogP contribution in [0.3, 0.4) is 0 Å². The van der Waals surface area contributed by atoms with Crippen LogP contribution < -0.4 is 10.6 Å². The lowest BCUT2D eigenvalue weighted by Gasteiger charge is -2.33. The minimum Gasteiger partial charge on any atom is -0.360 e. The van der Waals surface area contributed by atoms with Gasteiger partial charge in [0.05, 0.1) is 0 Å². The summed E-state index contributed by atoms with van der Waals surface area (Å²) in [5.41, 5.74) is 2.07. The number of aryl methyl sites for hydroxylation is 1. The molecule has 0 spiro atoms. The molecule has 1 saturated heterocycles. The number of anilines is 1. The predicted molar refractivity (Wildman–Crippen MR) is 150 cm³/mol. The number of amides is 2. The Hall–Kier alpha value is -4.10. The Bertz CT molecular complexity index is 1370. The molecule has 222 valence electrons. The number of halogens is 3. The lowest BCUT2D eigenvalue weighted by atomic mass is 10.0. The molecule has 0 unspecified atom stereocenters. The summed E-state index contributed by atoms with van der Waals surface area (Å²) >= 11 is 1.25. The van der Waals surface area contributed by atoms with Gasteiger partial charge in [0.2, 0.25) is 16.9 Å². The number of carbonyl (C=O) groups excluding carboxylic acids is 3. The van der Waals surface area contributed by atoms with Crippen LogP contribution in [-0.2, 0) is 32.1 Å². The van der Waals surface area contributed by atoms with E-state index >= 15 is 0 Å². The van der Waals surface area contributed by atoms with E-state index in [4.69, 9.17) is 0 Å². The summed E-state index contributed by atoms with van der Waals surface area (Å²) in [6, 6.07) is 17.5. The molecule has 1 aliphatic rings. The van der Waals surface area contributed by atoms with Crippen molar-refractivity contribution < 1.29 is 32.4 Å². The third-order valence-electron chi connectivity index (χ3n) is 6.48. The van der Waals surface area contributed by atoms with Crippen LogP contribution in [0.2, 0.25) is 0 Å². The van der Waals surface area contributed by atoms with Gasteiger partial charge in [0.25, 0.3) is 0 Å². The summed E-state index contributed by atoms with van der Waals surface area (Å²) in [4.78, 5) is 41.8. The Labute approximate surface area is 244 Å². The Morgan fingerprint density at radius 3 is 2.40 bits per heavy atom. The number of alkyl halides is 3. The van der Waals surface area contributed by atoms with E-state index in [1.807, 2.05) is 60.7 Å². The number of hydrogen-bond donors (Lipinski definition) is 2. The van der Waals surface area contributed by atoms with Crippen molar-refractivity contribution >= 4 is 34.3 Å². The van der Waals surface area contributed by atoms with Crippen molar-refractivity contribution in [1.82, 2.24) is 20.6 Å². The third-order valence-corrected chi connectivity index (χ3v) is 7.32. The van der Waals surface area contributed by atoms with Gasteiger partial charge in [-0.05, 0) is 43.2 Å². The van der Waals surface area contributed by atoms with E-state index in [1.54, 1.807) is 0 Å². The molecule has 9 nitrogen and oxygen atoms in total. The normalized spacial score (nSPS) is 16.6. The van der Waals surface area contributed by atoms with Crippen molar-refractivity contribution in [3.8, 4) is 0 Å².